The third kappa shape index (κ3) is 3.58. The van der Waals surface area contributed by atoms with E-state index in [-0.39, 0.29) is 17.2 Å². The predicted octanol–water partition coefficient (Wildman–Crippen LogP) is 2.40. The topological polar surface area (TPSA) is 67.2 Å². The van der Waals surface area contributed by atoms with Crippen LogP contribution in [0.1, 0.15) is 11.3 Å². The van der Waals surface area contributed by atoms with Gasteiger partial charge in [0.05, 0.1) is 6.33 Å². The maximum atomic E-state index is 12.5. The van der Waals surface area contributed by atoms with E-state index < -0.39 is 11.8 Å². The highest BCUT2D eigenvalue weighted by Gasteiger charge is 2.33. The van der Waals surface area contributed by atoms with Crippen LogP contribution < -0.4 is 5.32 Å². The predicted molar refractivity (Wildman–Crippen MR) is 103 cm³/mol. The third-order valence-corrected chi connectivity index (χ3v) is 4.51. The number of carbonyl (C=O) groups is 2. The van der Waals surface area contributed by atoms with Gasteiger partial charge in [0.15, 0.2) is 5.11 Å². The number of aromatic nitrogens is 2. The van der Waals surface area contributed by atoms with Gasteiger partial charge in [-0.25, -0.2) is 4.98 Å². The van der Waals surface area contributed by atoms with E-state index in [0.29, 0.717) is 17.4 Å². The molecular formula is C18H15ClN4O2S. The molecule has 2 aromatic rings. The number of benzene rings is 1. The summed E-state index contributed by atoms with van der Waals surface area (Å²) in [5.41, 5.74) is 1.32. The molecule has 2 amide bonds. The van der Waals surface area contributed by atoms with Gasteiger partial charge in [-0.15, -0.1) is 6.58 Å². The van der Waals surface area contributed by atoms with Crippen LogP contribution in [0.3, 0.4) is 0 Å². The van der Waals surface area contributed by atoms with Crippen LogP contribution in [-0.4, -0.2) is 37.9 Å². The third-order valence-electron chi connectivity index (χ3n) is 3.77. The Bertz CT molecular complexity index is 921. The highest BCUT2D eigenvalue weighted by Crippen LogP contribution is 2.21. The van der Waals surface area contributed by atoms with Crippen molar-refractivity contribution in [2.75, 3.05) is 6.54 Å². The first-order chi connectivity index (χ1) is 12.5. The fraction of sp³-hybridized carbons (Fsp3) is 0.111. The Morgan fingerprint density at radius 3 is 2.69 bits per heavy atom. The minimum Gasteiger partial charge on any atom is -0.317 e. The fourth-order valence-electron chi connectivity index (χ4n) is 2.50. The zero-order valence-electron chi connectivity index (χ0n) is 13.7. The fourth-order valence-corrected chi connectivity index (χ4v) is 2.95. The Labute approximate surface area is 160 Å². The maximum Gasteiger partial charge on any atom is 0.266 e. The number of thiocarbonyl (C=S) groups is 1. The molecule has 2 heterocycles. The van der Waals surface area contributed by atoms with E-state index >= 15 is 0 Å². The molecule has 0 atom stereocenters. The molecule has 8 heteroatoms. The van der Waals surface area contributed by atoms with E-state index in [1.807, 2.05) is 30.3 Å². The van der Waals surface area contributed by atoms with Crippen molar-refractivity contribution in [3.8, 4) is 0 Å². The van der Waals surface area contributed by atoms with Crippen molar-refractivity contribution in [2.45, 2.75) is 6.54 Å². The quantitative estimate of drug-likeness (QED) is 0.371. The van der Waals surface area contributed by atoms with Gasteiger partial charge in [-0.1, -0.05) is 48.0 Å². The van der Waals surface area contributed by atoms with Crippen molar-refractivity contribution in [3.63, 3.8) is 0 Å². The standard InChI is InChI=1S/C18H15ClN4O2S/c1-2-8-23-17(25)13(16(24)21-18(23)26)9-14-15(19)22(11-20-14)10-12-6-4-3-5-7-12/h2-7,9,11H,1,8,10H2,(H,21,24,26). The van der Waals surface area contributed by atoms with Crippen LogP contribution in [0.25, 0.3) is 6.08 Å². The first-order valence-corrected chi connectivity index (χ1v) is 8.54. The van der Waals surface area contributed by atoms with E-state index in [1.54, 1.807) is 10.9 Å². The average Bonchev–Trinajstić information content (AvgIpc) is 2.96. The molecule has 1 aromatic heterocycles. The summed E-state index contributed by atoms with van der Waals surface area (Å²) >= 11 is 11.4. The Kier molecular flexibility index (Phi) is 5.29. The summed E-state index contributed by atoms with van der Waals surface area (Å²) in [6, 6.07) is 9.75. The Morgan fingerprint density at radius 1 is 1.27 bits per heavy atom. The Balaban J connectivity index is 1.89. The lowest BCUT2D eigenvalue weighted by molar-refractivity contribution is -0.128. The number of nitrogens with one attached hydrogen (secondary N) is 1. The molecule has 0 spiro atoms. The monoisotopic (exact) mass is 386 g/mol. The summed E-state index contributed by atoms with van der Waals surface area (Å²) < 4.78 is 1.74. The molecule has 0 radical (unpaired) electrons. The minimum absolute atomic E-state index is 0.0535. The SMILES string of the molecule is C=CCN1C(=O)C(=Cc2ncn(Cc3ccccc3)c2Cl)C(=O)NC1=S. The largest absolute Gasteiger partial charge is 0.317 e. The normalized spacial score (nSPS) is 16.1. The number of rotatable bonds is 5. The lowest BCUT2D eigenvalue weighted by Crippen LogP contribution is -2.53. The van der Waals surface area contributed by atoms with Gasteiger partial charge in [-0.2, -0.15) is 0 Å². The van der Waals surface area contributed by atoms with Gasteiger partial charge in [0.25, 0.3) is 11.8 Å². The number of nitrogens with zero attached hydrogens (tertiary/aromatic N) is 3. The van der Waals surface area contributed by atoms with Crippen molar-refractivity contribution in [2.24, 2.45) is 0 Å². The highest BCUT2D eigenvalue weighted by molar-refractivity contribution is 7.80. The minimum atomic E-state index is -0.575. The van der Waals surface area contributed by atoms with Crippen LogP contribution in [0.15, 0.2) is 54.9 Å². The number of carbonyl (C=O) groups excluding carboxylic acids is 2. The molecule has 1 fully saturated rings. The molecule has 1 saturated heterocycles. The highest BCUT2D eigenvalue weighted by atomic mass is 35.5. The van der Waals surface area contributed by atoms with Crippen molar-refractivity contribution in [1.82, 2.24) is 19.8 Å². The van der Waals surface area contributed by atoms with Crippen LogP contribution in [-0.2, 0) is 16.1 Å². The first kappa shape index (κ1) is 18.0. The molecule has 0 unspecified atom stereocenters. The molecular weight excluding hydrogens is 372 g/mol. The summed E-state index contributed by atoms with van der Waals surface area (Å²) in [5.74, 6) is -1.08. The molecule has 1 aromatic carbocycles. The second-order valence-corrected chi connectivity index (χ2v) is 6.30. The lowest BCUT2D eigenvalue weighted by atomic mass is 10.1. The molecule has 26 heavy (non-hydrogen) atoms. The molecule has 1 N–H and O–H groups in total. The molecule has 0 saturated carbocycles. The van der Waals surface area contributed by atoms with Gasteiger partial charge in [-0.05, 0) is 23.9 Å². The van der Waals surface area contributed by atoms with Crippen LogP contribution >= 0.6 is 23.8 Å². The van der Waals surface area contributed by atoms with Gasteiger partial charge in [0.1, 0.15) is 16.4 Å². The summed E-state index contributed by atoms with van der Waals surface area (Å²) in [4.78, 5) is 30.2. The number of imidazole rings is 1. The summed E-state index contributed by atoms with van der Waals surface area (Å²) in [5, 5.41) is 2.88. The smallest absolute Gasteiger partial charge is 0.266 e. The first-order valence-electron chi connectivity index (χ1n) is 7.75. The van der Waals surface area contributed by atoms with Crippen LogP contribution in [0.4, 0.5) is 0 Å². The molecule has 1 aliphatic rings. The van der Waals surface area contributed by atoms with E-state index in [1.165, 1.54) is 17.1 Å². The summed E-state index contributed by atoms with van der Waals surface area (Å²) in [6.07, 6.45) is 4.47. The molecule has 6 nitrogen and oxygen atoms in total. The van der Waals surface area contributed by atoms with E-state index in [2.05, 4.69) is 16.9 Å². The van der Waals surface area contributed by atoms with Crippen LogP contribution in [0.2, 0.25) is 5.15 Å². The van der Waals surface area contributed by atoms with Crippen molar-refractivity contribution in [3.05, 3.63) is 71.3 Å². The van der Waals surface area contributed by atoms with Gasteiger partial charge in [-0.3, -0.25) is 19.8 Å². The zero-order chi connectivity index (χ0) is 18.7. The molecule has 0 bridgehead atoms. The Hall–Kier alpha value is -2.77. The average molecular weight is 387 g/mol. The summed E-state index contributed by atoms with van der Waals surface area (Å²) in [7, 11) is 0. The van der Waals surface area contributed by atoms with Crippen molar-refractivity contribution in [1.29, 1.82) is 0 Å². The van der Waals surface area contributed by atoms with E-state index in [4.69, 9.17) is 23.8 Å². The van der Waals surface area contributed by atoms with Gasteiger partial charge in [0, 0.05) is 13.1 Å². The van der Waals surface area contributed by atoms with Crippen molar-refractivity contribution >= 4 is 46.8 Å². The Morgan fingerprint density at radius 2 is 2.00 bits per heavy atom. The van der Waals surface area contributed by atoms with Crippen molar-refractivity contribution < 1.29 is 9.59 Å². The van der Waals surface area contributed by atoms with Gasteiger partial charge in [0.2, 0.25) is 0 Å². The zero-order valence-corrected chi connectivity index (χ0v) is 15.3. The second-order valence-electron chi connectivity index (χ2n) is 5.56. The van der Waals surface area contributed by atoms with Crippen LogP contribution in [0.5, 0.6) is 0 Å². The van der Waals surface area contributed by atoms with Crippen LogP contribution in [0, 0.1) is 0 Å². The molecule has 3 rings (SSSR count). The van der Waals surface area contributed by atoms with Gasteiger partial charge >= 0.3 is 0 Å². The van der Waals surface area contributed by atoms with E-state index in [9.17, 15) is 9.59 Å². The number of halogens is 1. The second kappa shape index (κ2) is 7.63. The molecule has 1 aliphatic heterocycles. The maximum absolute atomic E-state index is 12.5. The van der Waals surface area contributed by atoms with Gasteiger partial charge < -0.3 is 4.57 Å². The van der Waals surface area contributed by atoms with E-state index in [0.717, 1.165) is 5.56 Å². The molecule has 0 aliphatic carbocycles. The number of hydrogen-bond acceptors (Lipinski definition) is 4. The molecule has 132 valence electrons. The number of amides is 2. The number of hydrogen-bond donors (Lipinski definition) is 1. The summed E-state index contributed by atoms with van der Waals surface area (Å²) in [6.45, 7) is 4.32. The lowest BCUT2D eigenvalue weighted by Gasteiger charge is -2.27.